The molecule has 0 radical (unpaired) electrons. The van der Waals surface area contributed by atoms with E-state index in [9.17, 15) is 4.79 Å². The fourth-order valence-corrected chi connectivity index (χ4v) is 2.46. The molecule has 3 nitrogen and oxygen atoms in total. The third-order valence-corrected chi connectivity index (χ3v) is 3.88. The highest BCUT2D eigenvalue weighted by Gasteiger charge is 2.13. The van der Waals surface area contributed by atoms with Crippen molar-refractivity contribution in [1.82, 2.24) is 5.43 Å². The van der Waals surface area contributed by atoms with Gasteiger partial charge in [-0.15, -0.1) is 0 Å². The van der Waals surface area contributed by atoms with E-state index >= 15 is 0 Å². The number of para-hydroxylation sites is 2. The van der Waals surface area contributed by atoms with Gasteiger partial charge in [0.1, 0.15) is 0 Å². The van der Waals surface area contributed by atoms with Crippen molar-refractivity contribution >= 4 is 33.2 Å². The number of hydrogen-bond donors (Lipinski definition) is 1. The molecule has 0 spiro atoms. The van der Waals surface area contributed by atoms with E-state index in [2.05, 4.69) is 21.4 Å². The second kappa shape index (κ2) is 7.11. The standard InChI is InChI=1S/C19H15BrN2O/c20-16-13-11-15(12-14-16)19(23)21-22(17-7-3-1-4-8-17)18-9-5-2-6-10-18/h1-14H,(H,21,23). The van der Waals surface area contributed by atoms with E-state index in [0.717, 1.165) is 15.8 Å². The van der Waals surface area contributed by atoms with Gasteiger partial charge in [0.15, 0.2) is 0 Å². The van der Waals surface area contributed by atoms with Gasteiger partial charge in [-0.05, 0) is 48.5 Å². The highest BCUT2D eigenvalue weighted by Crippen LogP contribution is 2.23. The molecular weight excluding hydrogens is 352 g/mol. The summed E-state index contributed by atoms with van der Waals surface area (Å²) in [5.41, 5.74) is 5.35. The van der Waals surface area contributed by atoms with Crippen LogP contribution >= 0.6 is 15.9 Å². The van der Waals surface area contributed by atoms with Crippen molar-refractivity contribution in [2.75, 3.05) is 5.01 Å². The lowest BCUT2D eigenvalue weighted by Gasteiger charge is -2.25. The van der Waals surface area contributed by atoms with Crippen LogP contribution in [0.3, 0.4) is 0 Å². The van der Waals surface area contributed by atoms with Gasteiger partial charge in [0.2, 0.25) is 0 Å². The Morgan fingerprint density at radius 3 is 1.70 bits per heavy atom. The first-order valence-corrected chi connectivity index (χ1v) is 8.00. The normalized spacial score (nSPS) is 10.1. The molecule has 0 atom stereocenters. The molecule has 0 bridgehead atoms. The number of amides is 1. The lowest BCUT2D eigenvalue weighted by molar-refractivity contribution is 0.0953. The van der Waals surface area contributed by atoms with Crippen LogP contribution in [0.25, 0.3) is 0 Å². The largest absolute Gasteiger partial charge is 0.270 e. The van der Waals surface area contributed by atoms with Crippen molar-refractivity contribution < 1.29 is 4.79 Å². The summed E-state index contributed by atoms with van der Waals surface area (Å²) in [7, 11) is 0. The molecule has 0 aliphatic rings. The summed E-state index contributed by atoms with van der Waals surface area (Å²) in [5.74, 6) is -0.162. The molecule has 0 aliphatic carbocycles. The van der Waals surface area contributed by atoms with Gasteiger partial charge < -0.3 is 0 Å². The Morgan fingerprint density at radius 2 is 1.22 bits per heavy atom. The van der Waals surface area contributed by atoms with Crippen LogP contribution in [0.15, 0.2) is 89.4 Å². The molecule has 0 aromatic heterocycles. The number of nitrogens with one attached hydrogen (secondary N) is 1. The lowest BCUT2D eigenvalue weighted by atomic mass is 10.2. The van der Waals surface area contributed by atoms with E-state index in [1.807, 2.05) is 72.8 Å². The van der Waals surface area contributed by atoms with Crippen LogP contribution in [0.1, 0.15) is 10.4 Å². The van der Waals surface area contributed by atoms with E-state index < -0.39 is 0 Å². The molecule has 1 N–H and O–H groups in total. The predicted octanol–water partition coefficient (Wildman–Crippen LogP) is 4.93. The van der Waals surface area contributed by atoms with Gasteiger partial charge in [0.05, 0.1) is 11.4 Å². The minimum atomic E-state index is -0.162. The average molecular weight is 367 g/mol. The van der Waals surface area contributed by atoms with Gasteiger partial charge in [0.25, 0.3) is 5.91 Å². The van der Waals surface area contributed by atoms with Crippen LogP contribution < -0.4 is 10.4 Å². The number of carbonyl (C=O) groups excluding carboxylic acids is 1. The van der Waals surface area contributed by atoms with E-state index in [0.29, 0.717) is 5.56 Å². The zero-order chi connectivity index (χ0) is 16.1. The highest BCUT2D eigenvalue weighted by atomic mass is 79.9. The molecule has 0 heterocycles. The van der Waals surface area contributed by atoms with E-state index in [1.165, 1.54) is 0 Å². The third-order valence-electron chi connectivity index (χ3n) is 3.35. The molecule has 3 aromatic rings. The smallest absolute Gasteiger partial charge is 0.267 e. The van der Waals surface area contributed by atoms with Crippen LogP contribution in [-0.4, -0.2) is 5.91 Å². The van der Waals surface area contributed by atoms with Crippen molar-refractivity contribution in [2.24, 2.45) is 0 Å². The van der Waals surface area contributed by atoms with Gasteiger partial charge in [-0.1, -0.05) is 52.3 Å². The Kier molecular flexibility index (Phi) is 4.74. The number of halogens is 1. The van der Waals surface area contributed by atoms with Crippen molar-refractivity contribution in [3.63, 3.8) is 0 Å². The van der Waals surface area contributed by atoms with Crippen molar-refractivity contribution in [3.05, 3.63) is 95.0 Å². The number of nitrogens with zero attached hydrogens (tertiary/aromatic N) is 1. The van der Waals surface area contributed by atoms with Gasteiger partial charge in [-0.25, -0.2) is 0 Å². The quantitative estimate of drug-likeness (QED) is 0.663. The number of hydrazine groups is 1. The first-order valence-electron chi connectivity index (χ1n) is 7.21. The Balaban J connectivity index is 1.90. The van der Waals surface area contributed by atoms with Gasteiger partial charge in [-0.3, -0.25) is 15.2 Å². The van der Waals surface area contributed by atoms with E-state index in [4.69, 9.17) is 0 Å². The summed E-state index contributed by atoms with van der Waals surface area (Å²) in [6.07, 6.45) is 0. The average Bonchev–Trinajstić information content (AvgIpc) is 2.61. The first-order chi connectivity index (χ1) is 11.2. The first kappa shape index (κ1) is 15.3. The molecule has 23 heavy (non-hydrogen) atoms. The molecule has 0 unspecified atom stereocenters. The van der Waals surface area contributed by atoms with Gasteiger partial charge in [-0.2, -0.15) is 0 Å². The molecule has 4 heteroatoms. The maximum atomic E-state index is 12.5. The summed E-state index contributed by atoms with van der Waals surface area (Å²) in [6, 6.07) is 26.7. The van der Waals surface area contributed by atoms with Crippen LogP contribution in [0, 0.1) is 0 Å². The minimum absolute atomic E-state index is 0.162. The fraction of sp³-hybridized carbons (Fsp3) is 0. The molecule has 1 amide bonds. The number of carbonyl (C=O) groups is 1. The molecule has 114 valence electrons. The summed E-state index contributed by atoms with van der Waals surface area (Å²) in [4.78, 5) is 12.5. The second-order valence-corrected chi connectivity index (χ2v) is 5.87. The van der Waals surface area contributed by atoms with Crippen molar-refractivity contribution in [2.45, 2.75) is 0 Å². The Bertz CT molecular complexity index is 734. The fourth-order valence-electron chi connectivity index (χ4n) is 2.20. The molecule has 0 saturated carbocycles. The van der Waals surface area contributed by atoms with Crippen molar-refractivity contribution in [1.29, 1.82) is 0 Å². The molecule has 0 fully saturated rings. The minimum Gasteiger partial charge on any atom is -0.267 e. The Morgan fingerprint density at radius 1 is 0.739 bits per heavy atom. The van der Waals surface area contributed by atoms with E-state index in [-0.39, 0.29) is 5.91 Å². The SMILES string of the molecule is O=C(NN(c1ccccc1)c1ccccc1)c1ccc(Br)cc1. The number of anilines is 2. The topological polar surface area (TPSA) is 32.3 Å². The zero-order valence-electron chi connectivity index (χ0n) is 12.3. The Hall–Kier alpha value is -2.59. The number of benzene rings is 3. The summed E-state index contributed by atoms with van der Waals surface area (Å²) >= 11 is 3.38. The zero-order valence-corrected chi connectivity index (χ0v) is 13.9. The second-order valence-electron chi connectivity index (χ2n) is 4.95. The number of hydrogen-bond acceptors (Lipinski definition) is 2. The monoisotopic (exact) mass is 366 g/mol. The molecule has 3 rings (SSSR count). The summed E-state index contributed by atoms with van der Waals surface area (Å²) < 4.78 is 0.942. The maximum absolute atomic E-state index is 12.5. The molecule has 0 aliphatic heterocycles. The number of rotatable bonds is 4. The van der Waals surface area contributed by atoms with Crippen LogP contribution in [-0.2, 0) is 0 Å². The summed E-state index contributed by atoms with van der Waals surface area (Å²) in [5, 5.41) is 1.78. The molecular formula is C19H15BrN2O. The maximum Gasteiger partial charge on any atom is 0.270 e. The van der Waals surface area contributed by atoms with Gasteiger partial charge >= 0.3 is 0 Å². The third kappa shape index (κ3) is 3.79. The van der Waals surface area contributed by atoms with Crippen LogP contribution in [0.2, 0.25) is 0 Å². The van der Waals surface area contributed by atoms with Gasteiger partial charge in [0, 0.05) is 10.0 Å². The molecule has 0 saturated heterocycles. The van der Waals surface area contributed by atoms with E-state index in [1.54, 1.807) is 17.1 Å². The predicted molar refractivity (Wildman–Crippen MR) is 96.6 cm³/mol. The van der Waals surface area contributed by atoms with Crippen LogP contribution in [0.4, 0.5) is 11.4 Å². The summed E-state index contributed by atoms with van der Waals surface area (Å²) in [6.45, 7) is 0. The highest BCUT2D eigenvalue weighted by molar-refractivity contribution is 9.10. The molecule has 3 aromatic carbocycles. The Labute approximate surface area is 143 Å². The lowest BCUT2D eigenvalue weighted by Crippen LogP contribution is -2.38. The van der Waals surface area contributed by atoms with Crippen molar-refractivity contribution in [3.8, 4) is 0 Å². The van der Waals surface area contributed by atoms with Crippen LogP contribution in [0.5, 0.6) is 0 Å².